The summed E-state index contributed by atoms with van der Waals surface area (Å²) in [5.41, 5.74) is 0.0537. The van der Waals surface area contributed by atoms with Crippen LogP contribution in [-0.4, -0.2) is 80.5 Å². The number of hydrogen-bond acceptors (Lipinski definition) is 6. The molecule has 0 amide bonds. The van der Waals surface area contributed by atoms with Gasteiger partial charge in [0.05, 0.1) is 25.3 Å². The molecule has 0 unspecified atom stereocenters. The van der Waals surface area contributed by atoms with Gasteiger partial charge in [-0.1, -0.05) is 12.1 Å². The number of benzene rings is 1. The van der Waals surface area contributed by atoms with Gasteiger partial charge >= 0.3 is 16.2 Å². The molecule has 0 saturated carbocycles. The number of morpholine rings is 1. The summed E-state index contributed by atoms with van der Waals surface area (Å²) in [5, 5.41) is 9.21. The van der Waals surface area contributed by atoms with Crippen LogP contribution in [-0.2, 0) is 19.7 Å². The first kappa shape index (κ1) is 20.4. The van der Waals surface area contributed by atoms with Crippen LogP contribution in [0, 0.1) is 5.82 Å². The largest absolute Gasteiger partial charge is 0.478 e. The predicted octanol–water partition coefficient (Wildman–Crippen LogP) is 0.0230. The molecular formula is C17H21FN4O5S. The minimum absolute atomic E-state index is 0.0385. The van der Waals surface area contributed by atoms with Gasteiger partial charge in [-0.3, -0.25) is 4.90 Å². The third-order valence-electron chi connectivity index (χ3n) is 4.36. The standard InChI is InChI=1S/C17H21FN4O5S/c18-15-3-1-2-13(10-15)16-19-11-14(17(23)24)12-22(16)28(25,26)20-4-5-21-6-8-27-9-7-21/h1-3,10-11,20H,4-9,12H2,(H,23,24). The third-order valence-corrected chi connectivity index (χ3v) is 5.81. The lowest BCUT2D eigenvalue weighted by Crippen LogP contribution is -2.49. The molecule has 28 heavy (non-hydrogen) atoms. The molecule has 1 aromatic carbocycles. The Hall–Kier alpha value is -2.34. The normalized spacial score (nSPS) is 18.5. The average Bonchev–Trinajstić information content (AvgIpc) is 2.68. The van der Waals surface area contributed by atoms with E-state index in [1.165, 1.54) is 18.2 Å². The number of aliphatic carboxylic acids is 1. The van der Waals surface area contributed by atoms with E-state index in [2.05, 4.69) is 14.6 Å². The summed E-state index contributed by atoms with van der Waals surface area (Å²) in [7, 11) is -4.09. The SMILES string of the molecule is O=C(O)C1=CN=C(c2cccc(F)c2)N(S(=O)(=O)NCCN2CCOCC2)C1. The van der Waals surface area contributed by atoms with Crippen molar-refractivity contribution in [3.63, 3.8) is 0 Å². The fraction of sp³-hybridized carbons (Fsp3) is 0.412. The van der Waals surface area contributed by atoms with E-state index < -0.39 is 28.5 Å². The molecular weight excluding hydrogens is 391 g/mol. The molecule has 2 aliphatic heterocycles. The number of rotatable bonds is 7. The molecule has 0 aliphatic carbocycles. The molecule has 152 valence electrons. The summed E-state index contributed by atoms with van der Waals surface area (Å²) >= 11 is 0. The predicted molar refractivity (Wildman–Crippen MR) is 99.5 cm³/mol. The number of carboxylic acid groups (broad SMARTS) is 1. The maximum Gasteiger partial charge on any atom is 0.335 e. The zero-order valence-corrected chi connectivity index (χ0v) is 15.9. The van der Waals surface area contributed by atoms with Gasteiger partial charge in [0.1, 0.15) is 5.82 Å². The number of carbonyl (C=O) groups is 1. The van der Waals surface area contributed by atoms with Crippen LogP contribution in [0.1, 0.15) is 5.56 Å². The summed E-state index contributed by atoms with van der Waals surface area (Å²) in [5.74, 6) is -1.86. The Labute approximate surface area is 162 Å². The van der Waals surface area contributed by atoms with Crippen molar-refractivity contribution in [2.45, 2.75) is 0 Å². The fourth-order valence-electron chi connectivity index (χ4n) is 2.88. The monoisotopic (exact) mass is 412 g/mol. The highest BCUT2D eigenvalue weighted by atomic mass is 32.2. The molecule has 0 atom stereocenters. The van der Waals surface area contributed by atoms with Crippen molar-refractivity contribution in [3.8, 4) is 0 Å². The van der Waals surface area contributed by atoms with Crippen LogP contribution in [0.2, 0.25) is 0 Å². The Morgan fingerprint density at radius 1 is 1.32 bits per heavy atom. The number of nitrogens with one attached hydrogen (secondary N) is 1. The van der Waals surface area contributed by atoms with Gasteiger partial charge in [0, 0.05) is 37.9 Å². The van der Waals surface area contributed by atoms with Crippen LogP contribution in [0.4, 0.5) is 4.39 Å². The zero-order valence-electron chi connectivity index (χ0n) is 15.0. The third kappa shape index (κ3) is 4.93. The van der Waals surface area contributed by atoms with Gasteiger partial charge in [-0.2, -0.15) is 13.1 Å². The van der Waals surface area contributed by atoms with E-state index in [0.29, 0.717) is 32.8 Å². The van der Waals surface area contributed by atoms with E-state index in [1.54, 1.807) is 0 Å². The molecule has 11 heteroatoms. The first-order valence-electron chi connectivity index (χ1n) is 8.70. The maximum absolute atomic E-state index is 13.6. The van der Waals surface area contributed by atoms with Crippen LogP contribution < -0.4 is 4.72 Å². The van der Waals surface area contributed by atoms with Crippen molar-refractivity contribution in [3.05, 3.63) is 47.4 Å². The second-order valence-electron chi connectivity index (χ2n) is 6.28. The average molecular weight is 412 g/mol. The number of carboxylic acids is 1. The highest BCUT2D eigenvalue weighted by Gasteiger charge is 2.31. The van der Waals surface area contributed by atoms with Crippen LogP contribution in [0.15, 0.2) is 41.0 Å². The van der Waals surface area contributed by atoms with Gasteiger partial charge in [-0.05, 0) is 12.1 Å². The number of halogens is 1. The molecule has 0 aromatic heterocycles. The van der Waals surface area contributed by atoms with Crippen LogP contribution in [0.3, 0.4) is 0 Å². The van der Waals surface area contributed by atoms with E-state index in [0.717, 1.165) is 16.6 Å². The Balaban J connectivity index is 1.78. The smallest absolute Gasteiger partial charge is 0.335 e. The van der Waals surface area contributed by atoms with E-state index >= 15 is 0 Å². The Bertz CT molecular complexity index is 897. The van der Waals surface area contributed by atoms with Crippen molar-refractivity contribution in [1.82, 2.24) is 13.9 Å². The Morgan fingerprint density at radius 2 is 2.07 bits per heavy atom. The Morgan fingerprint density at radius 3 is 2.75 bits per heavy atom. The van der Waals surface area contributed by atoms with E-state index in [-0.39, 0.29) is 23.5 Å². The van der Waals surface area contributed by atoms with Gasteiger partial charge < -0.3 is 9.84 Å². The van der Waals surface area contributed by atoms with Crippen LogP contribution in [0.5, 0.6) is 0 Å². The lowest BCUT2D eigenvalue weighted by atomic mass is 10.1. The number of aliphatic imine (C=N–C) groups is 1. The highest BCUT2D eigenvalue weighted by Crippen LogP contribution is 2.18. The maximum atomic E-state index is 13.6. The minimum Gasteiger partial charge on any atom is -0.478 e. The quantitative estimate of drug-likeness (QED) is 0.653. The fourth-order valence-corrected chi connectivity index (χ4v) is 4.07. The molecule has 0 spiro atoms. The molecule has 1 fully saturated rings. The minimum atomic E-state index is -4.09. The molecule has 3 rings (SSSR count). The van der Waals surface area contributed by atoms with Gasteiger partial charge in [0.25, 0.3) is 0 Å². The van der Waals surface area contributed by atoms with E-state index in [9.17, 15) is 22.7 Å². The molecule has 9 nitrogen and oxygen atoms in total. The molecule has 1 saturated heterocycles. The molecule has 2 aliphatic rings. The zero-order chi connectivity index (χ0) is 20.1. The number of amidine groups is 1. The molecule has 2 N–H and O–H groups in total. The van der Waals surface area contributed by atoms with E-state index in [4.69, 9.17) is 4.74 Å². The van der Waals surface area contributed by atoms with Gasteiger partial charge in [-0.15, -0.1) is 0 Å². The van der Waals surface area contributed by atoms with Crippen molar-refractivity contribution in [2.75, 3.05) is 45.9 Å². The van der Waals surface area contributed by atoms with E-state index in [1.807, 2.05) is 0 Å². The van der Waals surface area contributed by atoms with Crippen LogP contribution in [0.25, 0.3) is 0 Å². The van der Waals surface area contributed by atoms with Crippen LogP contribution >= 0.6 is 0 Å². The summed E-state index contributed by atoms with van der Waals surface area (Å²) in [4.78, 5) is 17.3. The van der Waals surface area contributed by atoms with Gasteiger partial charge in [0.15, 0.2) is 5.84 Å². The summed E-state index contributed by atoms with van der Waals surface area (Å²) < 4.78 is 47.9. The number of ether oxygens (including phenoxy) is 1. The van der Waals surface area contributed by atoms with Crippen molar-refractivity contribution in [1.29, 1.82) is 0 Å². The number of hydrogen-bond donors (Lipinski definition) is 2. The lowest BCUT2D eigenvalue weighted by molar-refractivity contribution is -0.132. The number of nitrogens with zero attached hydrogens (tertiary/aromatic N) is 3. The summed E-state index contributed by atoms with van der Waals surface area (Å²) in [6.45, 7) is 2.86. The Kier molecular flexibility index (Phi) is 6.39. The topological polar surface area (TPSA) is 112 Å². The molecule has 1 aromatic rings. The molecule has 2 heterocycles. The second kappa shape index (κ2) is 8.78. The lowest BCUT2D eigenvalue weighted by Gasteiger charge is -2.29. The second-order valence-corrected chi connectivity index (χ2v) is 7.96. The highest BCUT2D eigenvalue weighted by molar-refractivity contribution is 7.87. The van der Waals surface area contributed by atoms with Gasteiger partial charge in [0.2, 0.25) is 0 Å². The molecule has 0 bridgehead atoms. The first-order chi connectivity index (χ1) is 13.4. The first-order valence-corrected chi connectivity index (χ1v) is 10.1. The molecule has 0 radical (unpaired) electrons. The van der Waals surface area contributed by atoms with Crippen molar-refractivity contribution < 1.29 is 27.4 Å². The summed E-state index contributed by atoms with van der Waals surface area (Å²) in [6, 6.07) is 5.32. The summed E-state index contributed by atoms with van der Waals surface area (Å²) in [6.07, 6.45) is 1.09. The van der Waals surface area contributed by atoms with Gasteiger partial charge in [-0.25, -0.2) is 18.5 Å². The van der Waals surface area contributed by atoms with Crippen molar-refractivity contribution >= 4 is 22.0 Å². The van der Waals surface area contributed by atoms with Crippen molar-refractivity contribution in [2.24, 2.45) is 4.99 Å².